The first-order valence-electron chi connectivity index (χ1n) is 13.4. The number of allylic oxidation sites excluding steroid dienone is 1. The number of Topliss-reactive ketones (excluding diaryl/α,β-unsaturated/α-hetero) is 1. The molecule has 1 aliphatic rings. The van der Waals surface area contributed by atoms with Crippen molar-refractivity contribution in [3.8, 4) is 23.0 Å². The monoisotopic (exact) mass is 560 g/mol. The van der Waals surface area contributed by atoms with E-state index in [0.29, 0.717) is 24.2 Å². The lowest BCUT2D eigenvalue weighted by atomic mass is 9.71. The van der Waals surface area contributed by atoms with E-state index < -0.39 is 18.1 Å². The fraction of sp³-hybridized carbons (Fsp3) is 0.344. The van der Waals surface area contributed by atoms with E-state index in [1.54, 1.807) is 61.6 Å². The zero-order valence-electron chi connectivity index (χ0n) is 23.2. The number of hydrogen-bond donors (Lipinski definition) is 4. The summed E-state index contributed by atoms with van der Waals surface area (Å²) >= 11 is 0. The van der Waals surface area contributed by atoms with Crippen LogP contribution in [0.3, 0.4) is 0 Å². The van der Waals surface area contributed by atoms with Crippen LogP contribution >= 0.6 is 0 Å². The van der Waals surface area contributed by atoms with Gasteiger partial charge in [0.1, 0.15) is 17.9 Å². The molecule has 3 aromatic rings. The molecule has 0 bridgehead atoms. The summed E-state index contributed by atoms with van der Waals surface area (Å²) in [6, 6.07) is 11.7. The molecule has 0 fully saturated rings. The van der Waals surface area contributed by atoms with Crippen molar-refractivity contribution in [1.82, 2.24) is 4.98 Å². The largest absolute Gasteiger partial charge is 0.670 e. The smallest absolute Gasteiger partial charge is 0.176 e. The molecule has 9 heteroatoms. The molecule has 0 saturated carbocycles. The maximum Gasteiger partial charge on any atom is 0.176 e. The molecule has 2 heterocycles. The van der Waals surface area contributed by atoms with Crippen molar-refractivity contribution >= 4 is 12.0 Å². The number of rotatable bonds is 15. The maximum atomic E-state index is 14.1. The lowest BCUT2D eigenvalue weighted by molar-refractivity contribution is -0.133. The second-order valence-electron chi connectivity index (χ2n) is 10.5. The highest BCUT2D eigenvalue weighted by molar-refractivity contribution is 5.89. The first-order chi connectivity index (χ1) is 19.8. The van der Waals surface area contributed by atoms with Crippen molar-refractivity contribution in [3.05, 3.63) is 89.7 Å². The number of ketones is 1. The number of ether oxygens (including phenoxy) is 2. The minimum atomic E-state index is -1.24. The number of carbonyl (C=O) groups is 1. The van der Waals surface area contributed by atoms with Gasteiger partial charge in [0.25, 0.3) is 0 Å². The summed E-state index contributed by atoms with van der Waals surface area (Å²) in [6.07, 6.45) is 6.96. The molecule has 0 aliphatic carbocycles. The summed E-state index contributed by atoms with van der Waals surface area (Å²) in [4.78, 5) is 22.3. The SMILES string of the molecule is COc1cc(CC(Cc2cc[n-]c2)C(O)CC(=O)C(CO)(CC2=C[CH+]N=C2)Cc2ccc(O)c(OC)c2)ccc1O. The second kappa shape index (κ2) is 13.4. The van der Waals surface area contributed by atoms with Crippen molar-refractivity contribution < 1.29 is 34.7 Å². The summed E-state index contributed by atoms with van der Waals surface area (Å²) in [5.41, 5.74) is 2.02. The molecule has 216 valence electrons. The molecule has 41 heavy (non-hydrogen) atoms. The van der Waals surface area contributed by atoms with Crippen LogP contribution in [0.25, 0.3) is 0 Å². The quantitative estimate of drug-likeness (QED) is 0.207. The van der Waals surface area contributed by atoms with Gasteiger partial charge in [0.15, 0.2) is 29.2 Å². The number of phenolic OH excluding ortho intramolecular Hbond substituents is 2. The van der Waals surface area contributed by atoms with Crippen molar-refractivity contribution in [1.29, 1.82) is 0 Å². The Bertz CT molecular complexity index is 1380. The number of hydrogen-bond acceptors (Lipinski definition) is 8. The van der Waals surface area contributed by atoms with Crippen LogP contribution < -0.4 is 14.5 Å². The molecular formula is C32H36N2O7. The van der Waals surface area contributed by atoms with Crippen LogP contribution in [0.5, 0.6) is 23.0 Å². The summed E-state index contributed by atoms with van der Waals surface area (Å²) in [7, 11) is 2.92. The van der Waals surface area contributed by atoms with Gasteiger partial charge in [-0.15, -0.1) is 4.99 Å². The molecule has 9 nitrogen and oxygen atoms in total. The van der Waals surface area contributed by atoms with E-state index in [2.05, 4.69) is 9.98 Å². The lowest BCUT2D eigenvalue weighted by Crippen LogP contribution is -2.41. The first-order valence-corrected chi connectivity index (χ1v) is 13.4. The van der Waals surface area contributed by atoms with Gasteiger partial charge in [0.05, 0.1) is 38.4 Å². The predicted octanol–water partition coefficient (Wildman–Crippen LogP) is 3.58. The van der Waals surface area contributed by atoms with E-state index in [1.165, 1.54) is 20.3 Å². The van der Waals surface area contributed by atoms with Crippen molar-refractivity contribution in [2.24, 2.45) is 16.3 Å². The molecule has 2 aromatic carbocycles. The third-order valence-electron chi connectivity index (χ3n) is 7.63. The number of methoxy groups -OCH3 is 2. The normalized spacial score (nSPS) is 15.5. The third kappa shape index (κ3) is 7.31. The Morgan fingerprint density at radius 2 is 1.63 bits per heavy atom. The maximum absolute atomic E-state index is 14.1. The number of aliphatic hydroxyl groups excluding tert-OH is 2. The molecule has 4 rings (SSSR count). The van der Waals surface area contributed by atoms with Gasteiger partial charge in [-0.3, -0.25) is 4.79 Å². The van der Waals surface area contributed by atoms with Crippen molar-refractivity contribution in [2.45, 2.75) is 38.2 Å². The van der Waals surface area contributed by atoms with E-state index in [1.807, 2.05) is 6.07 Å². The predicted molar refractivity (Wildman–Crippen MR) is 154 cm³/mol. The Morgan fingerprint density at radius 3 is 2.22 bits per heavy atom. The summed E-state index contributed by atoms with van der Waals surface area (Å²) in [6.45, 7) is 1.19. The van der Waals surface area contributed by atoms with E-state index in [4.69, 9.17) is 9.47 Å². The van der Waals surface area contributed by atoms with Gasteiger partial charge in [0, 0.05) is 12.8 Å². The number of aromatic nitrogens is 1. The molecule has 3 atom stereocenters. The Kier molecular flexibility index (Phi) is 9.75. The fourth-order valence-electron chi connectivity index (χ4n) is 5.31. The van der Waals surface area contributed by atoms with Crippen LogP contribution in [0.15, 0.2) is 71.5 Å². The van der Waals surface area contributed by atoms with Crippen LogP contribution in [0, 0.1) is 17.9 Å². The van der Waals surface area contributed by atoms with Crippen LogP contribution in [-0.2, 0) is 24.1 Å². The van der Waals surface area contributed by atoms with Gasteiger partial charge < -0.3 is 34.9 Å². The molecule has 0 saturated heterocycles. The number of carbonyl (C=O) groups excluding carboxylic acids is 1. The standard InChI is InChI=1S/C32H36N2O7/c1-40-29-13-21(3-5-26(29)36)11-25(12-23-7-9-33-18-23)28(38)15-31(39)32(20-35,17-24-8-10-34-19-24)16-22-4-6-27(37)30(14-22)41-2/h3-10,13-14,18-19,25,28,35-38H,11-12,15-17,20H2,1-2H3. The minimum absolute atomic E-state index is 0.0179. The Hall–Kier alpha value is -4.21. The molecular weight excluding hydrogens is 524 g/mol. The molecule has 0 radical (unpaired) electrons. The lowest BCUT2D eigenvalue weighted by Gasteiger charge is -2.32. The van der Waals surface area contributed by atoms with Crippen LogP contribution in [0.2, 0.25) is 0 Å². The fourth-order valence-corrected chi connectivity index (χ4v) is 5.31. The molecule has 0 amide bonds. The summed E-state index contributed by atoms with van der Waals surface area (Å²) in [5.74, 6) is -0.0519. The Balaban J connectivity index is 1.61. The zero-order chi connectivity index (χ0) is 29.4. The van der Waals surface area contributed by atoms with Gasteiger partial charge >= 0.3 is 0 Å². The zero-order valence-corrected chi connectivity index (χ0v) is 23.2. The number of aliphatic imine (C=N–C) groups is 1. The molecule has 4 N–H and O–H groups in total. The highest BCUT2D eigenvalue weighted by Crippen LogP contribution is 2.37. The van der Waals surface area contributed by atoms with Gasteiger partial charge in [-0.25, -0.2) is 0 Å². The average Bonchev–Trinajstić information content (AvgIpc) is 3.68. The number of phenols is 2. The number of aromatic hydroxyl groups is 2. The minimum Gasteiger partial charge on any atom is -0.670 e. The second-order valence-corrected chi connectivity index (χ2v) is 10.5. The van der Waals surface area contributed by atoms with Gasteiger partial charge in [0.2, 0.25) is 0 Å². The van der Waals surface area contributed by atoms with Crippen LogP contribution in [-0.4, -0.2) is 59.4 Å². The average molecular weight is 561 g/mol. The summed E-state index contributed by atoms with van der Waals surface area (Å²) in [5, 5.41) is 42.3. The van der Waals surface area contributed by atoms with Crippen molar-refractivity contribution in [3.63, 3.8) is 0 Å². The Labute approximate surface area is 239 Å². The van der Waals surface area contributed by atoms with Crippen LogP contribution in [0.4, 0.5) is 0 Å². The van der Waals surface area contributed by atoms with E-state index in [0.717, 1.165) is 16.7 Å². The molecule has 1 aliphatic heterocycles. The number of aliphatic hydroxyl groups is 2. The third-order valence-corrected chi connectivity index (χ3v) is 7.63. The van der Waals surface area contributed by atoms with Gasteiger partial charge in [-0.05, 0) is 60.6 Å². The molecule has 1 aromatic heterocycles. The topological polar surface area (TPSA) is 143 Å². The number of nitrogens with zero attached hydrogens (tertiary/aromatic N) is 2. The van der Waals surface area contributed by atoms with Gasteiger partial charge in [-0.1, -0.05) is 23.8 Å². The van der Waals surface area contributed by atoms with E-state index >= 15 is 0 Å². The number of benzene rings is 2. The molecule has 0 spiro atoms. The van der Waals surface area contributed by atoms with E-state index in [-0.39, 0.29) is 48.2 Å². The Morgan fingerprint density at radius 1 is 0.976 bits per heavy atom. The van der Waals surface area contributed by atoms with Crippen LogP contribution in [0.1, 0.15) is 29.5 Å². The first kappa shape index (κ1) is 29.8. The highest BCUT2D eigenvalue weighted by atomic mass is 16.5. The van der Waals surface area contributed by atoms with Crippen molar-refractivity contribution in [2.75, 3.05) is 20.8 Å². The molecule has 3 unspecified atom stereocenters. The summed E-state index contributed by atoms with van der Waals surface area (Å²) < 4.78 is 10.5. The van der Waals surface area contributed by atoms with Gasteiger partial charge in [-0.2, -0.15) is 12.4 Å². The van der Waals surface area contributed by atoms with E-state index in [9.17, 15) is 25.2 Å². The highest BCUT2D eigenvalue weighted by Gasteiger charge is 2.42.